The van der Waals surface area contributed by atoms with Gasteiger partial charge in [0.25, 0.3) is 0 Å². The molecule has 1 unspecified atom stereocenters. The molecule has 0 bridgehead atoms. The molecule has 162 valence electrons. The molecule has 4 rings (SSSR count). The van der Waals surface area contributed by atoms with E-state index in [9.17, 15) is 4.79 Å². The molecule has 2 heterocycles. The van der Waals surface area contributed by atoms with E-state index in [1.54, 1.807) is 28.3 Å². The Morgan fingerprint density at radius 1 is 1.10 bits per heavy atom. The van der Waals surface area contributed by atoms with Crippen LogP contribution in [0.4, 0.5) is 5.95 Å². The first-order valence-electron chi connectivity index (χ1n) is 9.95. The number of benzene rings is 2. The van der Waals surface area contributed by atoms with Gasteiger partial charge in [-0.25, -0.2) is 9.78 Å². The second kappa shape index (κ2) is 8.22. The van der Waals surface area contributed by atoms with Crippen LogP contribution in [0.5, 0.6) is 17.2 Å². The fourth-order valence-electron chi connectivity index (χ4n) is 4.01. The summed E-state index contributed by atoms with van der Waals surface area (Å²) in [6, 6.07) is 11.0. The maximum atomic E-state index is 13.1. The van der Waals surface area contributed by atoms with E-state index in [1.807, 2.05) is 47.9 Å². The molecule has 0 aliphatic carbocycles. The number of nitrogens with one attached hydrogen (secondary N) is 1. The monoisotopic (exact) mass is 423 g/mol. The molecule has 2 aromatic carbocycles. The predicted molar refractivity (Wildman–Crippen MR) is 117 cm³/mol. The number of aromatic nitrogens is 2. The molecule has 1 aliphatic rings. The van der Waals surface area contributed by atoms with Gasteiger partial charge in [-0.2, -0.15) is 0 Å². The fraction of sp³-hybridized carbons (Fsp3) is 0.304. The number of anilines is 1. The molecular formula is C23H25N3O5. The Kier molecular flexibility index (Phi) is 5.46. The van der Waals surface area contributed by atoms with Crippen LogP contribution >= 0.6 is 0 Å². The van der Waals surface area contributed by atoms with Crippen molar-refractivity contribution in [3.8, 4) is 17.2 Å². The van der Waals surface area contributed by atoms with Gasteiger partial charge in [0.2, 0.25) is 11.7 Å². The fourth-order valence-corrected chi connectivity index (χ4v) is 4.01. The third-order valence-electron chi connectivity index (χ3n) is 5.33. The molecular weight excluding hydrogens is 398 g/mol. The van der Waals surface area contributed by atoms with Gasteiger partial charge < -0.3 is 24.3 Å². The zero-order chi connectivity index (χ0) is 22.1. The summed E-state index contributed by atoms with van der Waals surface area (Å²) < 4.78 is 24.0. The second-order valence-electron chi connectivity index (χ2n) is 7.04. The van der Waals surface area contributed by atoms with E-state index < -0.39 is 12.0 Å². The molecule has 0 saturated heterocycles. The minimum atomic E-state index is -0.503. The van der Waals surface area contributed by atoms with Gasteiger partial charge in [0.15, 0.2) is 11.5 Å². The Balaban J connectivity index is 2.02. The molecule has 1 aromatic heterocycles. The lowest BCUT2D eigenvalue weighted by molar-refractivity contribution is -0.139. The highest BCUT2D eigenvalue weighted by Crippen LogP contribution is 2.45. The van der Waals surface area contributed by atoms with Crippen molar-refractivity contribution < 1.29 is 23.7 Å². The first kappa shape index (κ1) is 20.6. The minimum absolute atomic E-state index is 0.273. The number of hydrogen-bond acceptors (Lipinski definition) is 7. The van der Waals surface area contributed by atoms with Crippen molar-refractivity contribution in [2.75, 3.05) is 33.3 Å². The van der Waals surface area contributed by atoms with Crippen LogP contribution in [0.2, 0.25) is 0 Å². The number of esters is 1. The van der Waals surface area contributed by atoms with Crippen LogP contribution in [0, 0.1) is 0 Å². The summed E-state index contributed by atoms with van der Waals surface area (Å²) in [6.45, 7) is 3.91. The van der Waals surface area contributed by atoms with Gasteiger partial charge in [0, 0.05) is 5.70 Å². The van der Waals surface area contributed by atoms with Crippen molar-refractivity contribution in [3.63, 3.8) is 0 Å². The molecule has 0 amide bonds. The molecule has 3 aromatic rings. The van der Waals surface area contributed by atoms with E-state index in [4.69, 9.17) is 23.9 Å². The van der Waals surface area contributed by atoms with Crippen LogP contribution in [0.25, 0.3) is 11.0 Å². The summed E-state index contributed by atoms with van der Waals surface area (Å²) in [5.41, 5.74) is 3.66. The van der Waals surface area contributed by atoms with Crippen molar-refractivity contribution in [2.45, 2.75) is 19.9 Å². The summed E-state index contributed by atoms with van der Waals surface area (Å²) in [7, 11) is 4.68. The Hall–Kier alpha value is -3.68. The predicted octanol–water partition coefficient (Wildman–Crippen LogP) is 3.91. The van der Waals surface area contributed by atoms with Gasteiger partial charge in [-0.05, 0) is 43.7 Å². The molecule has 0 spiro atoms. The summed E-state index contributed by atoms with van der Waals surface area (Å²) in [6.07, 6.45) is 0. The van der Waals surface area contributed by atoms with E-state index in [0.29, 0.717) is 34.5 Å². The molecule has 1 aliphatic heterocycles. The normalized spacial score (nSPS) is 15.3. The van der Waals surface area contributed by atoms with E-state index in [1.165, 1.54) is 0 Å². The van der Waals surface area contributed by atoms with Gasteiger partial charge in [-0.3, -0.25) is 4.57 Å². The first-order valence-corrected chi connectivity index (χ1v) is 9.95. The number of carbonyl (C=O) groups excluding carboxylic acids is 1. The van der Waals surface area contributed by atoms with E-state index in [0.717, 1.165) is 16.6 Å². The van der Waals surface area contributed by atoms with Gasteiger partial charge in [-0.1, -0.05) is 12.1 Å². The number of nitrogens with zero attached hydrogens (tertiary/aromatic N) is 2. The SMILES string of the molecule is CCOC(=O)C1=C(C)Nc2nc3ccccc3n2C1c1cc(OC)c(OC)c(OC)c1. The number of rotatable bonds is 6. The first-order chi connectivity index (χ1) is 15.0. The molecule has 1 atom stereocenters. The summed E-state index contributed by atoms with van der Waals surface area (Å²) in [5.74, 6) is 1.74. The van der Waals surface area contributed by atoms with Gasteiger partial charge in [0.05, 0.1) is 50.6 Å². The summed E-state index contributed by atoms with van der Waals surface area (Å²) >= 11 is 0. The summed E-state index contributed by atoms with van der Waals surface area (Å²) in [5, 5.41) is 3.26. The summed E-state index contributed by atoms with van der Waals surface area (Å²) in [4.78, 5) is 17.8. The zero-order valence-electron chi connectivity index (χ0n) is 18.2. The average Bonchev–Trinajstić information content (AvgIpc) is 3.14. The van der Waals surface area contributed by atoms with Gasteiger partial charge in [-0.15, -0.1) is 0 Å². The highest BCUT2D eigenvalue weighted by Gasteiger charge is 2.36. The average molecular weight is 423 g/mol. The lowest BCUT2D eigenvalue weighted by atomic mass is 9.94. The quantitative estimate of drug-likeness (QED) is 0.602. The van der Waals surface area contributed by atoms with Crippen LogP contribution in [0.15, 0.2) is 47.7 Å². The van der Waals surface area contributed by atoms with E-state index >= 15 is 0 Å². The number of ether oxygens (including phenoxy) is 4. The largest absolute Gasteiger partial charge is 0.493 e. The maximum absolute atomic E-state index is 13.1. The van der Waals surface area contributed by atoms with Crippen LogP contribution < -0.4 is 19.5 Å². The third kappa shape index (κ3) is 3.34. The van der Waals surface area contributed by atoms with Crippen LogP contribution in [0.3, 0.4) is 0 Å². The van der Waals surface area contributed by atoms with Crippen LogP contribution in [0.1, 0.15) is 25.5 Å². The topological polar surface area (TPSA) is 83.8 Å². The molecule has 8 heteroatoms. The number of fused-ring (bicyclic) bond motifs is 3. The molecule has 0 fully saturated rings. The number of methoxy groups -OCH3 is 3. The lowest BCUT2D eigenvalue weighted by Crippen LogP contribution is -2.29. The molecule has 31 heavy (non-hydrogen) atoms. The Labute approximate surface area is 180 Å². The maximum Gasteiger partial charge on any atom is 0.338 e. The van der Waals surface area contributed by atoms with E-state index in [2.05, 4.69) is 5.32 Å². The van der Waals surface area contributed by atoms with Crippen LogP contribution in [-0.2, 0) is 9.53 Å². The van der Waals surface area contributed by atoms with E-state index in [-0.39, 0.29) is 6.61 Å². The van der Waals surface area contributed by atoms with Crippen molar-refractivity contribution in [1.29, 1.82) is 0 Å². The smallest absolute Gasteiger partial charge is 0.338 e. The number of imidazole rings is 1. The highest BCUT2D eigenvalue weighted by atomic mass is 16.5. The zero-order valence-corrected chi connectivity index (χ0v) is 18.2. The Morgan fingerprint density at radius 3 is 2.39 bits per heavy atom. The molecule has 8 nitrogen and oxygen atoms in total. The highest BCUT2D eigenvalue weighted by molar-refractivity contribution is 5.94. The van der Waals surface area contributed by atoms with Crippen LogP contribution in [-0.4, -0.2) is 43.5 Å². The van der Waals surface area contributed by atoms with Crippen molar-refractivity contribution in [1.82, 2.24) is 9.55 Å². The number of carbonyl (C=O) groups is 1. The Bertz CT molecular complexity index is 1160. The third-order valence-corrected chi connectivity index (χ3v) is 5.33. The number of allylic oxidation sites excluding steroid dienone is 1. The molecule has 0 saturated carbocycles. The molecule has 1 N–H and O–H groups in total. The van der Waals surface area contributed by atoms with Gasteiger partial charge >= 0.3 is 5.97 Å². The van der Waals surface area contributed by atoms with Crippen molar-refractivity contribution in [3.05, 3.63) is 53.2 Å². The Morgan fingerprint density at radius 2 is 1.77 bits per heavy atom. The number of para-hydroxylation sites is 2. The second-order valence-corrected chi connectivity index (χ2v) is 7.04. The standard InChI is InChI=1S/C23H25N3O5/c1-6-31-22(27)19-13(2)24-23-25-15-9-7-8-10-16(15)26(23)20(19)14-11-17(28-3)21(30-5)18(12-14)29-4/h7-12,20H,6H2,1-5H3,(H,24,25). The molecule has 0 radical (unpaired) electrons. The minimum Gasteiger partial charge on any atom is -0.493 e. The lowest BCUT2D eigenvalue weighted by Gasteiger charge is -2.30. The van der Waals surface area contributed by atoms with Crippen molar-refractivity contribution in [2.24, 2.45) is 0 Å². The number of hydrogen-bond donors (Lipinski definition) is 1. The van der Waals surface area contributed by atoms with Crippen molar-refractivity contribution >= 4 is 23.0 Å². The van der Waals surface area contributed by atoms with Gasteiger partial charge in [0.1, 0.15) is 0 Å².